The van der Waals surface area contributed by atoms with Crippen molar-refractivity contribution in [2.45, 2.75) is 20.4 Å². The molecular formula is C14H20N4O. The molecule has 2 aromatic rings. The van der Waals surface area contributed by atoms with Crippen molar-refractivity contribution >= 4 is 11.4 Å². The summed E-state index contributed by atoms with van der Waals surface area (Å²) in [4.78, 5) is 0. The van der Waals surface area contributed by atoms with Crippen LogP contribution in [0.5, 0.6) is 5.75 Å². The zero-order chi connectivity index (χ0) is 13.7. The lowest BCUT2D eigenvalue weighted by Gasteiger charge is -2.10. The van der Waals surface area contributed by atoms with Gasteiger partial charge in [-0.05, 0) is 25.5 Å². The molecular weight excluding hydrogens is 240 g/mol. The molecule has 0 amide bonds. The number of nitrogen functional groups attached to an aromatic ring is 1. The van der Waals surface area contributed by atoms with Gasteiger partial charge in [-0.15, -0.1) is 0 Å². The minimum absolute atomic E-state index is 0.634. The van der Waals surface area contributed by atoms with Crippen LogP contribution in [0.25, 0.3) is 0 Å². The standard InChI is InChI=1S/C14H20N4O/c1-3-19-14-7-12(15)6-13(8-14)16-4-5-18-10-11(2)9-17-18/h6-10,16H,3-5,15H2,1-2H3. The molecule has 0 unspecified atom stereocenters. The van der Waals surface area contributed by atoms with Crippen LogP contribution in [0.2, 0.25) is 0 Å². The van der Waals surface area contributed by atoms with Crippen molar-refractivity contribution in [3.63, 3.8) is 0 Å². The van der Waals surface area contributed by atoms with E-state index in [4.69, 9.17) is 10.5 Å². The highest BCUT2D eigenvalue weighted by molar-refractivity contribution is 5.59. The van der Waals surface area contributed by atoms with Gasteiger partial charge in [0, 0.05) is 36.2 Å². The van der Waals surface area contributed by atoms with Crippen LogP contribution in [0, 0.1) is 6.92 Å². The second-order valence-corrected chi connectivity index (χ2v) is 4.43. The van der Waals surface area contributed by atoms with Crippen molar-refractivity contribution in [3.05, 3.63) is 36.2 Å². The molecule has 0 aliphatic rings. The first kappa shape index (κ1) is 13.3. The molecule has 5 nitrogen and oxygen atoms in total. The van der Waals surface area contributed by atoms with E-state index < -0.39 is 0 Å². The first-order valence-electron chi connectivity index (χ1n) is 6.43. The molecule has 0 bridgehead atoms. The van der Waals surface area contributed by atoms with E-state index in [1.165, 1.54) is 5.56 Å². The normalized spacial score (nSPS) is 10.4. The fourth-order valence-electron chi connectivity index (χ4n) is 1.88. The number of anilines is 2. The van der Waals surface area contributed by atoms with E-state index in [9.17, 15) is 0 Å². The van der Waals surface area contributed by atoms with Gasteiger partial charge in [0.2, 0.25) is 0 Å². The highest BCUT2D eigenvalue weighted by Crippen LogP contribution is 2.22. The van der Waals surface area contributed by atoms with E-state index in [1.54, 1.807) is 0 Å². The minimum atomic E-state index is 0.634. The van der Waals surface area contributed by atoms with E-state index in [0.717, 1.165) is 24.5 Å². The lowest BCUT2D eigenvalue weighted by molar-refractivity contribution is 0.340. The lowest BCUT2D eigenvalue weighted by atomic mass is 10.2. The Morgan fingerprint density at radius 3 is 2.89 bits per heavy atom. The fourth-order valence-corrected chi connectivity index (χ4v) is 1.88. The molecule has 0 atom stereocenters. The van der Waals surface area contributed by atoms with Crippen LogP contribution in [0.1, 0.15) is 12.5 Å². The topological polar surface area (TPSA) is 65.1 Å². The molecule has 3 N–H and O–H groups in total. The molecule has 1 heterocycles. The van der Waals surface area contributed by atoms with E-state index in [2.05, 4.69) is 10.4 Å². The molecule has 1 aromatic heterocycles. The van der Waals surface area contributed by atoms with Crippen molar-refractivity contribution in [2.24, 2.45) is 0 Å². The Morgan fingerprint density at radius 2 is 2.21 bits per heavy atom. The Morgan fingerprint density at radius 1 is 1.37 bits per heavy atom. The molecule has 19 heavy (non-hydrogen) atoms. The van der Waals surface area contributed by atoms with Crippen molar-refractivity contribution in [2.75, 3.05) is 24.2 Å². The average Bonchev–Trinajstić information content (AvgIpc) is 2.75. The van der Waals surface area contributed by atoms with Crippen LogP contribution in [0.4, 0.5) is 11.4 Å². The monoisotopic (exact) mass is 260 g/mol. The van der Waals surface area contributed by atoms with E-state index in [-0.39, 0.29) is 0 Å². The summed E-state index contributed by atoms with van der Waals surface area (Å²) in [5.41, 5.74) is 8.67. The molecule has 0 aliphatic heterocycles. The van der Waals surface area contributed by atoms with Crippen LogP contribution < -0.4 is 15.8 Å². The first-order chi connectivity index (χ1) is 9.17. The van der Waals surface area contributed by atoms with Crippen molar-refractivity contribution in [3.8, 4) is 5.75 Å². The molecule has 0 spiro atoms. The van der Waals surface area contributed by atoms with Crippen molar-refractivity contribution in [1.82, 2.24) is 9.78 Å². The Balaban J connectivity index is 1.91. The number of rotatable bonds is 6. The maximum Gasteiger partial charge on any atom is 0.123 e. The second kappa shape index (κ2) is 6.13. The highest BCUT2D eigenvalue weighted by atomic mass is 16.5. The number of nitrogens with zero attached hydrogens (tertiary/aromatic N) is 2. The SMILES string of the molecule is CCOc1cc(N)cc(NCCn2cc(C)cn2)c1. The third kappa shape index (κ3) is 3.91. The molecule has 1 aromatic carbocycles. The smallest absolute Gasteiger partial charge is 0.123 e. The minimum Gasteiger partial charge on any atom is -0.494 e. The van der Waals surface area contributed by atoms with E-state index >= 15 is 0 Å². The molecule has 0 fully saturated rings. The number of aromatic nitrogens is 2. The number of hydrogen-bond acceptors (Lipinski definition) is 4. The Bertz CT molecular complexity index is 536. The highest BCUT2D eigenvalue weighted by Gasteiger charge is 2.00. The van der Waals surface area contributed by atoms with Gasteiger partial charge in [0.15, 0.2) is 0 Å². The van der Waals surface area contributed by atoms with Gasteiger partial charge in [-0.1, -0.05) is 0 Å². The Kier molecular flexibility index (Phi) is 4.28. The largest absolute Gasteiger partial charge is 0.494 e. The predicted molar refractivity (Wildman–Crippen MR) is 77.5 cm³/mol. The first-order valence-corrected chi connectivity index (χ1v) is 6.43. The summed E-state index contributed by atoms with van der Waals surface area (Å²) in [7, 11) is 0. The summed E-state index contributed by atoms with van der Waals surface area (Å²) < 4.78 is 7.37. The predicted octanol–water partition coefficient (Wildman–Crippen LogP) is 2.28. The molecule has 0 saturated carbocycles. The summed E-state index contributed by atoms with van der Waals surface area (Å²) in [6, 6.07) is 5.68. The summed E-state index contributed by atoms with van der Waals surface area (Å²) in [5, 5.41) is 7.56. The van der Waals surface area contributed by atoms with Crippen LogP contribution in [0.15, 0.2) is 30.6 Å². The lowest BCUT2D eigenvalue weighted by Crippen LogP contribution is -2.11. The average molecular weight is 260 g/mol. The summed E-state index contributed by atoms with van der Waals surface area (Å²) >= 11 is 0. The number of nitrogens with one attached hydrogen (secondary N) is 1. The molecule has 0 radical (unpaired) electrons. The molecule has 0 saturated heterocycles. The van der Waals surface area contributed by atoms with Crippen molar-refractivity contribution in [1.29, 1.82) is 0 Å². The van der Waals surface area contributed by atoms with Crippen LogP contribution in [-0.2, 0) is 6.54 Å². The Labute approximate surface area is 113 Å². The molecule has 102 valence electrons. The second-order valence-electron chi connectivity index (χ2n) is 4.43. The van der Waals surface area contributed by atoms with Gasteiger partial charge in [0.1, 0.15) is 5.75 Å². The van der Waals surface area contributed by atoms with Crippen LogP contribution in [0.3, 0.4) is 0 Å². The van der Waals surface area contributed by atoms with Gasteiger partial charge in [-0.3, -0.25) is 4.68 Å². The molecule has 2 rings (SSSR count). The van der Waals surface area contributed by atoms with E-state index in [1.807, 2.05) is 49.1 Å². The number of nitrogens with two attached hydrogens (primary N) is 1. The fraction of sp³-hybridized carbons (Fsp3) is 0.357. The molecule has 5 heteroatoms. The van der Waals surface area contributed by atoms with Crippen molar-refractivity contribution < 1.29 is 4.74 Å². The maximum absolute atomic E-state index is 5.84. The number of benzene rings is 1. The summed E-state index contributed by atoms with van der Waals surface area (Å²) in [6.07, 6.45) is 3.88. The summed E-state index contributed by atoms with van der Waals surface area (Å²) in [5.74, 6) is 0.792. The zero-order valence-corrected chi connectivity index (χ0v) is 11.4. The third-order valence-electron chi connectivity index (χ3n) is 2.67. The van der Waals surface area contributed by atoms with Gasteiger partial charge >= 0.3 is 0 Å². The van der Waals surface area contributed by atoms with Crippen LogP contribution >= 0.6 is 0 Å². The van der Waals surface area contributed by atoms with Gasteiger partial charge in [0.25, 0.3) is 0 Å². The van der Waals surface area contributed by atoms with Gasteiger partial charge < -0.3 is 15.8 Å². The number of ether oxygens (including phenoxy) is 1. The number of aryl methyl sites for hydroxylation is 1. The van der Waals surface area contributed by atoms with Gasteiger partial charge in [-0.25, -0.2) is 0 Å². The quantitative estimate of drug-likeness (QED) is 0.782. The number of hydrogen-bond donors (Lipinski definition) is 2. The zero-order valence-electron chi connectivity index (χ0n) is 11.4. The summed E-state index contributed by atoms with van der Waals surface area (Å²) in [6.45, 7) is 6.22. The Hall–Kier alpha value is -2.17. The third-order valence-corrected chi connectivity index (χ3v) is 2.67. The maximum atomic E-state index is 5.84. The van der Waals surface area contributed by atoms with E-state index in [0.29, 0.717) is 12.3 Å². The van der Waals surface area contributed by atoms with Gasteiger partial charge in [-0.2, -0.15) is 5.10 Å². The molecule has 0 aliphatic carbocycles. The van der Waals surface area contributed by atoms with Crippen LogP contribution in [-0.4, -0.2) is 22.9 Å². The van der Waals surface area contributed by atoms with Gasteiger partial charge in [0.05, 0.1) is 19.3 Å².